The molecule has 0 aliphatic heterocycles. The van der Waals surface area contributed by atoms with Crippen LogP contribution < -0.4 is 0 Å². The van der Waals surface area contributed by atoms with Crippen LogP contribution in [0.15, 0.2) is 12.2 Å². The van der Waals surface area contributed by atoms with Gasteiger partial charge in [0.1, 0.15) is 13.2 Å². The van der Waals surface area contributed by atoms with Crippen molar-refractivity contribution in [3.63, 3.8) is 0 Å². The summed E-state index contributed by atoms with van der Waals surface area (Å²) < 4.78 is 21.9. The van der Waals surface area contributed by atoms with E-state index >= 15 is 0 Å². The SMILES string of the molecule is CC(C)(C)[Si](C)(C)OCCOC(=O)/C=C/C(=O)OCCO[Si](C)(C)C(C)(C)C. The van der Waals surface area contributed by atoms with Crippen molar-refractivity contribution in [3.05, 3.63) is 12.2 Å². The predicted molar refractivity (Wildman–Crippen MR) is 117 cm³/mol. The fourth-order valence-electron chi connectivity index (χ4n) is 1.54. The molecular formula is C20H40O6Si2. The van der Waals surface area contributed by atoms with Crippen molar-refractivity contribution in [3.8, 4) is 0 Å². The third-order valence-electron chi connectivity index (χ3n) is 5.55. The van der Waals surface area contributed by atoms with E-state index in [-0.39, 0.29) is 23.3 Å². The van der Waals surface area contributed by atoms with Gasteiger partial charge in [-0.05, 0) is 36.3 Å². The normalized spacial score (nSPS) is 13.6. The van der Waals surface area contributed by atoms with Gasteiger partial charge >= 0.3 is 11.9 Å². The molecule has 0 spiro atoms. The molecule has 0 saturated carbocycles. The van der Waals surface area contributed by atoms with Crippen LogP contribution in [0.5, 0.6) is 0 Å². The minimum Gasteiger partial charge on any atom is -0.460 e. The van der Waals surface area contributed by atoms with Gasteiger partial charge in [0.05, 0.1) is 13.2 Å². The molecule has 0 radical (unpaired) electrons. The number of hydrogen-bond donors (Lipinski definition) is 0. The molecule has 0 atom stereocenters. The van der Waals surface area contributed by atoms with Crippen LogP contribution in [0.4, 0.5) is 0 Å². The maximum atomic E-state index is 11.7. The Bertz CT molecular complexity index is 494. The molecule has 0 unspecified atom stereocenters. The van der Waals surface area contributed by atoms with Gasteiger partial charge in [0, 0.05) is 12.2 Å². The molecule has 8 heteroatoms. The third kappa shape index (κ3) is 10.00. The number of rotatable bonds is 10. The number of esters is 2. The average Bonchev–Trinajstić information content (AvgIpc) is 2.51. The molecular weight excluding hydrogens is 392 g/mol. The lowest BCUT2D eigenvalue weighted by atomic mass is 10.2. The van der Waals surface area contributed by atoms with E-state index in [2.05, 4.69) is 67.7 Å². The zero-order chi connectivity index (χ0) is 22.2. The maximum Gasteiger partial charge on any atom is 0.331 e. The van der Waals surface area contributed by atoms with E-state index in [1.54, 1.807) is 0 Å². The first-order chi connectivity index (χ1) is 12.5. The van der Waals surface area contributed by atoms with Crippen molar-refractivity contribution in [2.24, 2.45) is 0 Å². The van der Waals surface area contributed by atoms with E-state index in [1.807, 2.05) is 0 Å². The Labute approximate surface area is 173 Å². The second-order valence-electron chi connectivity index (χ2n) is 9.89. The third-order valence-corrected chi connectivity index (χ3v) is 14.6. The van der Waals surface area contributed by atoms with Crippen molar-refractivity contribution in [1.29, 1.82) is 0 Å². The number of carbonyl (C=O) groups is 2. The topological polar surface area (TPSA) is 71.1 Å². The smallest absolute Gasteiger partial charge is 0.331 e. The molecule has 0 saturated heterocycles. The van der Waals surface area contributed by atoms with Crippen LogP contribution in [0.1, 0.15) is 41.5 Å². The number of carbonyl (C=O) groups excluding carboxylic acids is 2. The van der Waals surface area contributed by atoms with E-state index in [9.17, 15) is 9.59 Å². The summed E-state index contributed by atoms with van der Waals surface area (Å²) in [4.78, 5) is 23.3. The molecule has 0 fully saturated rings. The van der Waals surface area contributed by atoms with Gasteiger partial charge in [-0.25, -0.2) is 9.59 Å². The summed E-state index contributed by atoms with van der Waals surface area (Å²) in [5.74, 6) is -1.18. The van der Waals surface area contributed by atoms with E-state index in [4.69, 9.17) is 18.3 Å². The summed E-state index contributed by atoms with van der Waals surface area (Å²) >= 11 is 0. The molecule has 0 bridgehead atoms. The lowest BCUT2D eigenvalue weighted by molar-refractivity contribution is -0.141. The monoisotopic (exact) mass is 432 g/mol. The molecule has 6 nitrogen and oxygen atoms in total. The molecule has 164 valence electrons. The van der Waals surface area contributed by atoms with Crippen molar-refractivity contribution >= 4 is 28.6 Å². The Balaban J connectivity index is 4.08. The summed E-state index contributed by atoms with van der Waals surface area (Å²) in [5.41, 5.74) is 0. The lowest BCUT2D eigenvalue weighted by Gasteiger charge is -2.36. The summed E-state index contributed by atoms with van der Waals surface area (Å²) in [6.45, 7) is 22.5. The van der Waals surface area contributed by atoms with Crippen molar-refractivity contribution in [1.82, 2.24) is 0 Å². The van der Waals surface area contributed by atoms with Crippen LogP contribution in [0.2, 0.25) is 36.3 Å². The van der Waals surface area contributed by atoms with Crippen molar-refractivity contribution in [2.75, 3.05) is 26.4 Å². The Hall–Kier alpha value is -0.966. The molecule has 0 aliphatic rings. The van der Waals surface area contributed by atoms with Crippen LogP contribution in [0, 0.1) is 0 Å². The largest absolute Gasteiger partial charge is 0.460 e. The highest BCUT2D eigenvalue weighted by Gasteiger charge is 2.37. The summed E-state index contributed by atoms with van der Waals surface area (Å²) in [6, 6.07) is 0. The van der Waals surface area contributed by atoms with Gasteiger partial charge in [-0.3, -0.25) is 0 Å². The standard InChI is InChI=1S/C20H40O6Si2/c1-19(2,3)27(7,8)25-15-13-23-17(21)11-12-18(22)24-14-16-26-28(9,10)20(4,5)6/h11-12H,13-16H2,1-10H3/b12-11+. The predicted octanol–water partition coefficient (Wildman–Crippen LogP) is 4.67. The van der Waals surface area contributed by atoms with E-state index < -0.39 is 28.6 Å². The fraction of sp³-hybridized carbons (Fsp3) is 0.800. The van der Waals surface area contributed by atoms with Gasteiger partial charge in [-0.2, -0.15) is 0 Å². The van der Waals surface area contributed by atoms with Crippen LogP contribution in [0.3, 0.4) is 0 Å². The minimum atomic E-state index is -1.85. The molecule has 0 aliphatic carbocycles. The van der Waals surface area contributed by atoms with Crippen LogP contribution >= 0.6 is 0 Å². The Morgan fingerprint density at radius 1 is 0.643 bits per heavy atom. The zero-order valence-corrected chi connectivity index (χ0v) is 21.4. The molecule has 0 amide bonds. The first-order valence-corrected chi connectivity index (χ1v) is 15.6. The fourth-order valence-corrected chi connectivity index (χ4v) is 3.60. The molecule has 0 heterocycles. The Morgan fingerprint density at radius 3 is 1.18 bits per heavy atom. The lowest BCUT2D eigenvalue weighted by Crippen LogP contribution is -2.41. The summed E-state index contributed by atoms with van der Waals surface area (Å²) in [7, 11) is -3.70. The zero-order valence-electron chi connectivity index (χ0n) is 19.4. The van der Waals surface area contributed by atoms with Gasteiger partial charge in [0.15, 0.2) is 16.6 Å². The first-order valence-electron chi connectivity index (χ1n) is 9.79. The number of ether oxygens (including phenoxy) is 2. The summed E-state index contributed by atoms with van der Waals surface area (Å²) in [6.07, 6.45) is 2.15. The van der Waals surface area contributed by atoms with Crippen LogP contribution in [0.25, 0.3) is 0 Å². The molecule has 28 heavy (non-hydrogen) atoms. The van der Waals surface area contributed by atoms with E-state index in [0.29, 0.717) is 13.2 Å². The van der Waals surface area contributed by atoms with Gasteiger partial charge in [0.2, 0.25) is 0 Å². The molecule has 0 rings (SSSR count). The first kappa shape index (κ1) is 27.0. The van der Waals surface area contributed by atoms with Crippen LogP contribution in [-0.4, -0.2) is 55.0 Å². The van der Waals surface area contributed by atoms with Gasteiger partial charge in [0.25, 0.3) is 0 Å². The Morgan fingerprint density at radius 2 is 0.929 bits per heavy atom. The second kappa shape index (κ2) is 10.7. The molecule has 0 aromatic heterocycles. The quantitative estimate of drug-likeness (QED) is 0.216. The molecule has 0 aromatic rings. The van der Waals surface area contributed by atoms with Gasteiger partial charge < -0.3 is 18.3 Å². The van der Waals surface area contributed by atoms with Crippen molar-refractivity contribution in [2.45, 2.75) is 77.8 Å². The molecule has 0 aromatic carbocycles. The van der Waals surface area contributed by atoms with Crippen LogP contribution in [-0.2, 0) is 27.9 Å². The van der Waals surface area contributed by atoms with E-state index in [0.717, 1.165) is 12.2 Å². The highest BCUT2D eigenvalue weighted by Crippen LogP contribution is 2.37. The van der Waals surface area contributed by atoms with Gasteiger partial charge in [-0.1, -0.05) is 41.5 Å². The van der Waals surface area contributed by atoms with E-state index in [1.165, 1.54) is 0 Å². The second-order valence-corrected chi connectivity index (χ2v) is 19.5. The minimum absolute atomic E-state index is 0.106. The Kier molecular flexibility index (Phi) is 10.3. The molecule has 0 N–H and O–H groups in total. The highest BCUT2D eigenvalue weighted by atomic mass is 28.4. The number of hydrogen-bond acceptors (Lipinski definition) is 6. The maximum absolute atomic E-state index is 11.7. The highest BCUT2D eigenvalue weighted by molar-refractivity contribution is 6.74. The van der Waals surface area contributed by atoms with Gasteiger partial charge in [-0.15, -0.1) is 0 Å². The summed E-state index contributed by atoms with van der Waals surface area (Å²) in [5, 5.41) is 0.212. The average molecular weight is 433 g/mol. The van der Waals surface area contributed by atoms with Crippen molar-refractivity contribution < 1.29 is 27.9 Å².